The highest BCUT2D eigenvalue weighted by atomic mass is 79.9. The SMILES string of the molecule is Cc1nc(NC(=S)NC(C)c2ccccc2)ccc1Br. The number of halogens is 1. The first-order chi connectivity index (χ1) is 9.56. The molecule has 1 aromatic carbocycles. The number of nitrogens with one attached hydrogen (secondary N) is 2. The van der Waals surface area contributed by atoms with Gasteiger partial charge in [-0.05, 0) is 59.7 Å². The van der Waals surface area contributed by atoms with Crippen LogP contribution in [0.2, 0.25) is 0 Å². The molecule has 2 N–H and O–H groups in total. The van der Waals surface area contributed by atoms with Crippen LogP contribution in [-0.2, 0) is 0 Å². The molecule has 0 amide bonds. The maximum absolute atomic E-state index is 5.31. The number of anilines is 1. The minimum absolute atomic E-state index is 0.146. The number of rotatable bonds is 3. The highest BCUT2D eigenvalue weighted by Gasteiger charge is 2.07. The van der Waals surface area contributed by atoms with Crippen LogP contribution >= 0.6 is 28.1 Å². The first-order valence-corrected chi connectivity index (χ1v) is 7.52. The van der Waals surface area contributed by atoms with E-state index >= 15 is 0 Å². The Balaban J connectivity index is 1.97. The molecule has 2 aromatic rings. The second kappa shape index (κ2) is 6.81. The lowest BCUT2D eigenvalue weighted by Crippen LogP contribution is -2.31. The summed E-state index contributed by atoms with van der Waals surface area (Å²) in [5.74, 6) is 0.739. The molecule has 0 spiro atoms. The number of hydrogen-bond acceptors (Lipinski definition) is 2. The first kappa shape index (κ1) is 14.9. The standard InChI is InChI=1S/C15H16BrN3S/c1-10(12-6-4-3-5-7-12)18-15(20)19-14-9-8-13(16)11(2)17-14/h3-10H,1-2H3,(H2,17,18,19,20). The Bertz CT molecular complexity index is 601. The van der Waals surface area contributed by atoms with Crippen molar-refractivity contribution in [3.05, 3.63) is 58.2 Å². The zero-order chi connectivity index (χ0) is 14.5. The average molecular weight is 350 g/mol. The van der Waals surface area contributed by atoms with E-state index in [0.29, 0.717) is 5.11 Å². The lowest BCUT2D eigenvalue weighted by atomic mass is 10.1. The summed E-state index contributed by atoms with van der Waals surface area (Å²) in [6.45, 7) is 4.02. The maximum atomic E-state index is 5.31. The molecule has 0 aliphatic rings. The molecule has 0 bridgehead atoms. The van der Waals surface area contributed by atoms with Gasteiger partial charge in [-0.15, -0.1) is 0 Å². The Hall–Kier alpha value is -1.46. The van der Waals surface area contributed by atoms with Gasteiger partial charge in [-0.25, -0.2) is 4.98 Å². The Morgan fingerprint density at radius 3 is 2.55 bits per heavy atom. The molecular weight excluding hydrogens is 334 g/mol. The molecule has 0 aliphatic heterocycles. The topological polar surface area (TPSA) is 37.0 Å². The van der Waals surface area contributed by atoms with E-state index in [1.165, 1.54) is 5.56 Å². The third-order valence-corrected chi connectivity index (χ3v) is 3.97. The summed E-state index contributed by atoms with van der Waals surface area (Å²) in [6.07, 6.45) is 0. The smallest absolute Gasteiger partial charge is 0.172 e. The molecule has 20 heavy (non-hydrogen) atoms. The van der Waals surface area contributed by atoms with Crippen LogP contribution in [0.1, 0.15) is 24.2 Å². The van der Waals surface area contributed by atoms with Crippen LogP contribution in [0.4, 0.5) is 5.82 Å². The van der Waals surface area contributed by atoms with Crippen molar-refractivity contribution < 1.29 is 0 Å². The minimum atomic E-state index is 0.146. The van der Waals surface area contributed by atoms with Crippen LogP contribution < -0.4 is 10.6 Å². The molecule has 5 heteroatoms. The molecule has 0 radical (unpaired) electrons. The largest absolute Gasteiger partial charge is 0.356 e. The van der Waals surface area contributed by atoms with Crippen LogP contribution in [0.25, 0.3) is 0 Å². The number of aromatic nitrogens is 1. The van der Waals surface area contributed by atoms with Crippen LogP contribution in [0.15, 0.2) is 46.9 Å². The summed E-state index contributed by atoms with van der Waals surface area (Å²) in [5.41, 5.74) is 2.12. The number of hydrogen-bond donors (Lipinski definition) is 2. The van der Waals surface area contributed by atoms with Gasteiger partial charge in [0, 0.05) is 4.47 Å². The normalized spacial score (nSPS) is 11.8. The molecular formula is C15H16BrN3S. The van der Waals surface area contributed by atoms with E-state index in [1.807, 2.05) is 37.3 Å². The van der Waals surface area contributed by atoms with E-state index in [4.69, 9.17) is 12.2 Å². The monoisotopic (exact) mass is 349 g/mol. The van der Waals surface area contributed by atoms with Crippen LogP contribution in [-0.4, -0.2) is 10.1 Å². The fourth-order valence-electron chi connectivity index (χ4n) is 1.79. The Kier molecular flexibility index (Phi) is 5.09. The molecule has 0 fully saturated rings. The zero-order valence-electron chi connectivity index (χ0n) is 11.4. The lowest BCUT2D eigenvalue weighted by molar-refractivity contribution is 0.722. The van der Waals surface area contributed by atoms with E-state index in [0.717, 1.165) is 16.0 Å². The summed E-state index contributed by atoms with van der Waals surface area (Å²) in [7, 11) is 0. The lowest BCUT2D eigenvalue weighted by Gasteiger charge is -2.17. The van der Waals surface area contributed by atoms with Gasteiger partial charge < -0.3 is 10.6 Å². The summed E-state index contributed by atoms with van der Waals surface area (Å²) < 4.78 is 0.986. The molecule has 0 aliphatic carbocycles. The molecule has 2 rings (SSSR count). The second-order valence-electron chi connectivity index (χ2n) is 4.49. The summed E-state index contributed by atoms with van der Waals surface area (Å²) in [5, 5.41) is 6.91. The summed E-state index contributed by atoms with van der Waals surface area (Å²) in [6, 6.07) is 14.2. The predicted molar refractivity (Wildman–Crippen MR) is 90.9 cm³/mol. The van der Waals surface area contributed by atoms with Gasteiger partial charge >= 0.3 is 0 Å². The van der Waals surface area contributed by atoms with Gasteiger partial charge in [0.25, 0.3) is 0 Å². The van der Waals surface area contributed by atoms with Crippen molar-refractivity contribution in [3.8, 4) is 0 Å². The fraction of sp³-hybridized carbons (Fsp3) is 0.200. The highest BCUT2D eigenvalue weighted by Crippen LogP contribution is 2.16. The van der Waals surface area contributed by atoms with Crippen molar-refractivity contribution in [1.82, 2.24) is 10.3 Å². The number of aryl methyl sites for hydroxylation is 1. The van der Waals surface area contributed by atoms with Gasteiger partial charge in [0.15, 0.2) is 5.11 Å². The number of benzene rings is 1. The fourth-order valence-corrected chi connectivity index (χ4v) is 2.29. The molecule has 1 aromatic heterocycles. The van der Waals surface area contributed by atoms with E-state index in [1.54, 1.807) is 0 Å². The van der Waals surface area contributed by atoms with E-state index in [-0.39, 0.29) is 6.04 Å². The van der Waals surface area contributed by atoms with Crippen molar-refractivity contribution >= 4 is 39.1 Å². The van der Waals surface area contributed by atoms with E-state index in [2.05, 4.69) is 50.6 Å². The molecule has 3 nitrogen and oxygen atoms in total. The van der Waals surface area contributed by atoms with Crippen molar-refractivity contribution in [3.63, 3.8) is 0 Å². The minimum Gasteiger partial charge on any atom is -0.356 e. The first-order valence-electron chi connectivity index (χ1n) is 6.32. The van der Waals surface area contributed by atoms with Crippen molar-refractivity contribution in [2.75, 3.05) is 5.32 Å². The molecule has 1 heterocycles. The van der Waals surface area contributed by atoms with Crippen LogP contribution in [0.5, 0.6) is 0 Å². The van der Waals surface area contributed by atoms with Gasteiger partial charge in [-0.2, -0.15) is 0 Å². The second-order valence-corrected chi connectivity index (χ2v) is 5.76. The maximum Gasteiger partial charge on any atom is 0.172 e. The van der Waals surface area contributed by atoms with E-state index in [9.17, 15) is 0 Å². The van der Waals surface area contributed by atoms with Gasteiger partial charge in [-0.1, -0.05) is 30.3 Å². The quantitative estimate of drug-likeness (QED) is 0.814. The van der Waals surface area contributed by atoms with Crippen molar-refractivity contribution in [2.45, 2.75) is 19.9 Å². The Morgan fingerprint density at radius 1 is 1.20 bits per heavy atom. The predicted octanol–water partition coefficient (Wildman–Crippen LogP) is 4.20. The molecule has 0 saturated heterocycles. The van der Waals surface area contributed by atoms with Crippen LogP contribution in [0, 0.1) is 6.92 Å². The van der Waals surface area contributed by atoms with E-state index < -0.39 is 0 Å². The number of nitrogens with zero attached hydrogens (tertiary/aromatic N) is 1. The Labute approximate surface area is 132 Å². The van der Waals surface area contributed by atoms with Crippen molar-refractivity contribution in [2.24, 2.45) is 0 Å². The van der Waals surface area contributed by atoms with Gasteiger partial charge in [0.2, 0.25) is 0 Å². The molecule has 1 unspecified atom stereocenters. The van der Waals surface area contributed by atoms with Gasteiger partial charge in [0.1, 0.15) is 5.82 Å². The third kappa shape index (κ3) is 4.02. The average Bonchev–Trinajstić information content (AvgIpc) is 2.44. The van der Waals surface area contributed by atoms with Gasteiger partial charge in [-0.3, -0.25) is 0 Å². The number of pyridine rings is 1. The highest BCUT2D eigenvalue weighted by molar-refractivity contribution is 9.10. The number of thiocarbonyl (C=S) groups is 1. The van der Waals surface area contributed by atoms with Crippen LogP contribution in [0.3, 0.4) is 0 Å². The third-order valence-electron chi connectivity index (χ3n) is 2.91. The molecule has 104 valence electrons. The molecule has 1 atom stereocenters. The van der Waals surface area contributed by atoms with Gasteiger partial charge in [0.05, 0.1) is 11.7 Å². The van der Waals surface area contributed by atoms with Crippen molar-refractivity contribution in [1.29, 1.82) is 0 Å². The summed E-state index contributed by atoms with van der Waals surface area (Å²) >= 11 is 8.74. The summed E-state index contributed by atoms with van der Waals surface area (Å²) in [4.78, 5) is 4.41. The zero-order valence-corrected chi connectivity index (χ0v) is 13.8. The molecule has 0 saturated carbocycles. The Morgan fingerprint density at radius 2 is 1.90 bits per heavy atom.